The fourth-order valence-electron chi connectivity index (χ4n) is 3.09. The fraction of sp³-hybridized carbons (Fsp3) is 0.438. The van der Waals surface area contributed by atoms with Crippen LogP contribution >= 0.6 is 22.9 Å². The van der Waals surface area contributed by atoms with Crippen molar-refractivity contribution < 1.29 is 9.47 Å². The second-order valence-electron chi connectivity index (χ2n) is 5.63. The van der Waals surface area contributed by atoms with Gasteiger partial charge in [-0.3, -0.25) is 0 Å². The van der Waals surface area contributed by atoms with Crippen LogP contribution in [0.2, 0.25) is 5.02 Å². The molecule has 0 atom stereocenters. The van der Waals surface area contributed by atoms with E-state index in [0.717, 1.165) is 47.3 Å². The molecule has 2 aliphatic heterocycles. The first-order chi connectivity index (χ1) is 10.8. The highest BCUT2D eigenvalue weighted by atomic mass is 35.5. The van der Waals surface area contributed by atoms with E-state index in [1.54, 1.807) is 11.3 Å². The molecule has 2 aliphatic rings. The Bertz CT molecular complexity index is 670. The molecule has 0 unspecified atom stereocenters. The van der Waals surface area contributed by atoms with Crippen LogP contribution in [0.3, 0.4) is 0 Å². The maximum atomic E-state index is 6.26. The van der Waals surface area contributed by atoms with Crippen LogP contribution in [0.5, 0.6) is 0 Å². The number of benzene rings is 1. The molecule has 1 aromatic heterocycles. The van der Waals surface area contributed by atoms with Crippen molar-refractivity contribution in [2.24, 2.45) is 0 Å². The summed E-state index contributed by atoms with van der Waals surface area (Å²) in [6.07, 6.45) is 2.02. The summed E-state index contributed by atoms with van der Waals surface area (Å²) < 4.78 is 11.7. The summed E-state index contributed by atoms with van der Waals surface area (Å²) in [6, 6.07) is 7.81. The normalized spacial score (nSPS) is 20.7. The van der Waals surface area contributed by atoms with E-state index in [0.29, 0.717) is 13.2 Å². The average molecular weight is 337 g/mol. The predicted molar refractivity (Wildman–Crippen MR) is 88.6 cm³/mol. The lowest BCUT2D eigenvalue weighted by atomic mass is 10.1. The van der Waals surface area contributed by atoms with Crippen LogP contribution in [0.1, 0.15) is 12.8 Å². The second-order valence-corrected chi connectivity index (χ2v) is 6.87. The molecule has 6 heteroatoms. The molecule has 1 spiro atoms. The van der Waals surface area contributed by atoms with Gasteiger partial charge in [-0.25, -0.2) is 4.98 Å². The summed E-state index contributed by atoms with van der Waals surface area (Å²) >= 11 is 7.91. The molecule has 22 heavy (non-hydrogen) atoms. The summed E-state index contributed by atoms with van der Waals surface area (Å²) in [5, 5.41) is 3.80. The Kier molecular flexibility index (Phi) is 3.82. The van der Waals surface area contributed by atoms with Crippen molar-refractivity contribution in [3.8, 4) is 11.3 Å². The van der Waals surface area contributed by atoms with Crippen LogP contribution in [0.15, 0.2) is 29.6 Å². The average Bonchev–Trinajstić information content (AvgIpc) is 3.18. The van der Waals surface area contributed by atoms with Crippen LogP contribution in [0.4, 0.5) is 5.13 Å². The number of hydrogen-bond acceptors (Lipinski definition) is 5. The smallest absolute Gasteiger partial charge is 0.186 e. The number of hydrogen-bond donors (Lipinski definition) is 0. The van der Waals surface area contributed by atoms with Crippen LogP contribution in [-0.4, -0.2) is 37.1 Å². The van der Waals surface area contributed by atoms with Crippen LogP contribution in [-0.2, 0) is 9.47 Å². The molecule has 116 valence electrons. The molecular weight excluding hydrogens is 320 g/mol. The van der Waals surface area contributed by atoms with E-state index in [4.69, 9.17) is 26.1 Å². The third kappa shape index (κ3) is 2.63. The Balaban J connectivity index is 1.58. The molecule has 2 saturated heterocycles. The van der Waals surface area contributed by atoms with Gasteiger partial charge in [0.15, 0.2) is 10.9 Å². The molecule has 2 fully saturated rings. The Morgan fingerprint density at radius 2 is 2.05 bits per heavy atom. The molecule has 0 aliphatic carbocycles. The lowest BCUT2D eigenvalue weighted by Crippen LogP contribution is -2.49. The summed E-state index contributed by atoms with van der Waals surface area (Å²) in [7, 11) is 0. The van der Waals surface area contributed by atoms with Gasteiger partial charge in [0.25, 0.3) is 0 Å². The van der Waals surface area contributed by atoms with Gasteiger partial charge >= 0.3 is 0 Å². The molecule has 2 aromatic rings. The van der Waals surface area contributed by atoms with Gasteiger partial charge in [0.2, 0.25) is 0 Å². The highest BCUT2D eigenvalue weighted by Crippen LogP contribution is 2.36. The van der Waals surface area contributed by atoms with Gasteiger partial charge < -0.3 is 14.4 Å². The van der Waals surface area contributed by atoms with Crippen molar-refractivity contribution in [2.45, 2.75) is 18.6 Å². The van der Waals surface area contributed by atoms with Crippen molar-refractivity contribution in [3.05, 3.63) is 34.7 Å². The zero-order valence-electron chi connectivity index (χ0n) is 12.1. The van der Waals surface area contributed by atoms with Crippen LogP contribution in [0.25, 0.3) is 11.3 Å². The third-order valence-corrected chi connectivity index (χ3v) is 5.37. The van der Waals surface area contributed by atoms with Crippen molar-refractivity contribution in [2.75, 3.05) is 31.2 Å². The molecule has 0 saturated carbocycles. The third-order valence-electron chi connectivity index (χ3n) is 4.14. The molecule has 0 amide bonds. The molecule has 0 bridgehead atoms. The van der Waals surface area contributed by atoms with Crippen molar-refractivity contribution in [1.29, 1.82) is 0 Å². The van der Waals surface area contributed by atoms with E-state index in [2.05, 4.69) is 10.3 Å². The summed E-state index contributed by atoms with van der Waals surface area (Å²) in [6.45, 7) is 3.12. The van der Waals surface area contributed by atoms with E-state index in [9.17, 15) is 0 Å². The Morgan fingerprint density at radius 3 is 2.86 bits per heavy atom. The van der Waals surface area contributed by atoms with Crippen LogP contribution in [0, 0.1) is 0 Å². The number of rotatable bonds is 2. The maximum Gasteiger partial charge on any atom is 0.186 e. The molecule has 4 nitrogen and oxygen atoms in total. The molecule has 1 aromatic carbocycles. The zero-order valence-corrected chi connectivity index (χ0v) is 13.7. The van der Waals surface area contributed by atoms with Gasteiger partial charge in [0, 0.05) is 28.9 Å². The highest BCUT2D eigenvalue weighted by molar-refractivity contribution is 7.14. The van der Waals surface area contributed by atoms with Gasteiger partial charge in [-0.05, 0) is 12.5 Å². The predicted octanol–water partition coefficient (Wildman–Crippen LogP) is 3.81. The minimum atomic E-state index is -0.422. The zero-order chi connectivity index (χ0) is 15.0. The van der Waals surface area contributed by atoms with E-state index < -0.39 is 5.79 Å². The maximum absolute atomic E-state index is 6.26. The summed E-state index contributed by atoms with van der Waals surface area (Å²) in [5.74, 6) is -0.422. The molecule has 3 heterocycles. The van der Waals surface area contributed by atoms with Gasteiger partial charge in [-0.15, -0.1) is 11.3 Å². The van der Waals surface area contributed by atoms with Gasteiger partial charge in [0.05, 0.1) is 25.5 Å². The van der Waals surface area contributed by atoms with E-state index >= 15 is 0 Å². The number of anilines is 1. The van der Waals surface area contributed by atoms with Gasteiger partial charge in [-0.2, -0.15) is 0 Å². The van der Waals surface area contributed by atoms with Crippen LogP contribution < -0.4 is 4.90 Å². The quantitative estimate of drug-likeness (QED) is 0.835. The Morgan fingerprint density at radius 1 is 1.23 bits per heavy atom. The lowest BCUT2D eigenvalue weighted by molar-refractivity contribution is -0.161. The Labute approximate surface area is 138 Å². The van der Waals surface area contributed by atoms with Gasteiger partial charge in [-0.1, -0.05) is 29.8 Å². The number of nitrogens with zero attached hydrogens (tertiary/aromatic N) is 2. The molecular formula is C16H17ClN2O2S. The molecule has 0 N–H and O–H groups in total. The monoisotopic (exact) mass is 336 g/mol. The first-order valence-corrected chi connectivity index (χ1v) is 8.75. The minimum Gasteiger partial charge on any atom is -0.346 e. The number of ether oxygens (including phenoxy) is 2. The first-order valence-electron chi connectivity index (χ1n) is 7.49. The standard InChI is InChI=1S/C16H17ClN2O2S/c17-13-5-2-1-4-12(13)14-10-22-15(18-14)19-7-3-6-16(11-19)20-8-9-21-16/h1-2,4-5,10H,3,6-9,11H2. The van der Waals surface area contributed by atoms with E-state index in [1.165, 1.54) is 0 Å². The lowest BCUT2D eigenvalue weighted by Gasteiger charge is -2.38. The summed E-state index contributed by atoms with van der Waals surface area (Å²) in [4.78, 5) is 7.03. The van der Waals surface area contributed by atoms with E-state index in [1.807, 2.05) is 24.3 Å². The van der Waals surface area contributed by atoms with Crippen molar-refractivity contribution >= 4 is 28.1 Å². The minimum absolute atomic E-state index is 0.422. The Hall–Kier alpha value is -1.14. The fourth-order valence-corrected chi connectivity index (χ4v) is 4.17. The van der Waals surface area contributed by atoms with Crippen molar-refractivity contribution in [1.82, 2.24) is 4.98 Å². The number of piperidine rings is 1. The molecule has 0 radical (unpaired) electrons. The number of halogens is 1. The van der Waals surface area contributed by atoms with E-state index in [-0.39, 0.29) is 0 Å². The van der Waals surface area contributed by atoms with Gasteiger partial charge in [0.1, 0.15) is 0 Å². The number of aromatic nitrogens is 1. The van der Waals surface area contributed by atoms with Crippen molar-refractivity contribution in [3.63, 3.8) is 0 Å². The molecule has 4 rings (SSSR count). The topological polar surface area (TPSA) is 34.6 Å². The summed E-state index contributed by atoms with van der Waals surface area (Å²) in [5.41, 5.74) is 1.91. The SMILES string of the molecule is Clc1ccccc1-c1csc(N2CCCC3(C2)OCCO3)n1. The number of thiazole rings is 1. The first kappa shape index (κ1) is 14.5. The highest BCUT2D eigenvalue weighted by Gasteiger charge is 2.41. The second kappa shape index (κ2) is 5.81. The largest absolute Gasteiger partial charge is 0.346 e.